The number of carbonyl (C=O) groups excluding carboxylic acids is 2. The molecule has 0 saturated carbocycles. The molecule has 2 aliphatic heterocycles. The Balaban J connectivity index is 1.50. The van der Waals surface area contributed by atoms with E-state index in [2.05, 4.69) is 25.7 Å². The highest BCUT2D eigenvalue weighted by Crippen LogP contribution is 2.41. The van der Waals surface area contributed by atoms with Crippen LogP contribution in [0.4, 0.5) is 5.13 Å². The number of carbonyl (C=O) groups is 3. The number of carboxylic acid groups (broad SMARTS) is 1. The van der Waals surface area contributed by atoms with Gasteiger partial charge in [0, 0.05) is 23.9 Å². The van der Waals surface area contributed by atoms with Gasteiger partial charge in [-0.15, -0.1) is 33.3 Å². The summed E-state index contributed by atoms with van der Waals surface area (Å²) in [5.41, 5.74) is 5.23. The number of hydrogen-bond donors (Lipinski definition) is 4. The van der Waals surface area contributed by atoms with Crippen molar-refractivity contribution in [3.63, 3.8) is 0 Å². The average molecular weight is 597 g/mol. The molecule has 0 radical (unpaired) electrons. The van der Waals surface area contributed by atoms with Crippen molar-refractivity contribution < 1.29 is 29.4 Å². The minimum atomic E-state index is -1.30. The zero-order valence-electron chi connectivity index (χ0n) is 20.9. The molecular weight excluding hydrogens is 572 g/mol. The van der Waals surface area contributed by atoms with Crippen molar-refractivity contribution in [3.8, 4) is 5.88 Å². The summed E-state index contributed by atoms with van der Waals surface area (Å²) in [5, 5.41) is 34.3. The summed E-state index contributed by atoms with van der Waals surface area (Å²) in [5.74, 6) is -2.87. The van der Waals surface area contributed by atoms with Gasteiger partial charge < -0.3 is 26.1 Å². The number of thiazole rings is 1. The molecule has 0 aromatic carbocycles. The molecule has 5 N–H and O–H groups in total. The number of anilines is 1. The molecule has 2 amide bonds. The summed E-state index contributed by atoms with van der Waals surface area (Å²) in [6.45, 7) is 4.08. The molecule has 2 aromatic rings. The third kappa shape index (κ3) is 5.86. The van der Waals surface area contributed by atoms with Crippen molar-refractivity contribution in [2.24, 2.45) is 18.1 Å². The molecule has 2 aromatic heterocycles. The molecule has 0 bridgehead atoms. The van der Waals surface area contributed by atoms with Crippen LogP contribution in [0.1, 0.15) is 19.5 Å². The zero-order chi connectivity index (χ0) is 28.4. The Morgan fingerprint density at radius 1 is 1.36 bits per heavy atom. The van der Waals surface area contributed by atoms with E-state index in [9.17, 15) is 29.4 Å². The molecule has 0 spiro atoms. The van der Waals surface area contributed by atoms with Crippen LogP contribution in [-0.2, 0) is 26.3 Å². The monoisotopic (exact) mass is 596 g/mol. The van der Waals surface area contributed by atoms with Gasteiger partial charge in [0.1, 0.15) is 29.4 Å². The van der Waals surface area contributed by atoms with Gasteiger partial charge in [0.25, 0.3) is 17.7 Å². The second-order valence-electron chi connectivity index (χ2n) is 8.78. The van der Waals surface area contributed by atoms with Crippen LogP contribution in [0.3, 0.4) is 0 Å². The van der Waals surface area contributed by atoms with Gasteiger partial charge >= 0.3 is 11.5 Å². The van der Waals surface area contributed by atoms with Crippen molar-refractivity contribution in [2.75, 3.05) is 23.8 Å². The molecule has 0 aliphatic carbocycles. The summed E-state index contributed by atoms with van der Waals surface area (Å²) in [6, 6.07) is -0.999. The number of hydrogen-bond acceptors (Lipinski definition) is 14. The highest BCUT2D eigenvalue weighted by molar-refractivity contribution is 8.01. The predicted octanol–water partition coefficient (Wildman–Crippen LogP) is -0.173. The van der Waals surface area contributed by atoms with Gasteiger partial charge in [-0.3, -0.25) is 23.9 Å². The summed E-state index contributed by atoms with van der Waals surface area (Å²) >= 11 is 3.44. The second-order valence-corrected chi connectivity index (χ2v) is 11.7. The lowest BCUT2D eigenvalue weighted by molar-refractivity contribution is -0.150. The van der Waals surface area contributed by atoms with Crippen LogP contribution in [0.2, 0.25) is 0 Å². The number of thioether (sulfide) groups is 2. The number of fused-ring (bicyclic) bond motifs is 1. The minimum Gasteiger partial charge on any atom is -0.488 e. The number of nitrogen functional groups attached to an aromatic ring is 1. The van der Waals surface area contributed by atoms with E-state index in [1.807, 2.05) is 13.8 Å². The third-order valence-electron chi connectivity index (χ3n) is 5.47. The number of amides is 2. The number of nitrogens with zero attached hydrogens (tertiary/aromatic N) is 6. The SMILES string of the molecule is CC(C)CO/N=C(\C(=O)NC1C(=O)N2C(C(=O)O)=C(CSc3nnc(O)c(=O)n3C)CS[C@H]12)c1csc(N)n1. The van der Waals surface area contributed by atoms with Crippen LogP contribution in [0.25, 0.3) is 0 Å². The van der Waals surface area contributed by atoms with E-state index >= 15 is 0 Å². The maximum atomic E-state index is 13.1. The van der Waals surface area contributed by atoms with E-state index < -0.39 is 40.6 Å². The standard InChI is InChI=1S/C21H24N8O7S3/c1-8(2)4-36-27-11(10-7-38-20(22)23-10)14(30)24-12-16(32)29-13(19(34)35)9(5-37-18(12)29)6-39-21-26-25-15(31)17(33)28(21)3/h7-8,12,18H,4-6H2,1-3H3,(H2,22,23)(H,24,30)(H,25,31)(H,34,35)/b27-11-/t12?,18-/m1/s1. The van der Waals surface area contributed by atoms with E-state index in [1.165, 1.54) is 18.8 Å². The topological polar surface area (TPSA) is 215 Å². The number of aliphatic carboxylic acids is 1. The lowest BCUT2D eigenvalue weighted by Gasteiger charge is -2.49. The van der Waals surface area contributed by atoms with Crippen LogP contribution in [0, 0.1) is 5.92 Å². The highest BCUT2D eigenvalue weighted by atomic mass is 32.2. The van der Waals surface area contributed by atoms with Gasteiger partial charge in [0.05, 0.1) is 0 Å². The lowest BCUT2D eigenvalue weighted by Crippen LogP contribution is -2.71. The van der Waals surface area contributed by atoms with Crippen molar-refractivity contribution in [1.82, 2.24) is 30.0 Å². The molecule has 4 heterocycles. The molecule has 1 unspecified atom stereocenters. The fourth-order valence-electron chi connectivity index (χ4n) is 3.57. The lowest BCUT2D eigenvalue weighted by atomic mass is 10.0. The predicted molar refractivity (Wildman–Crippen MR) is 143 cm³/mol. The molecule has 4 rings (SSSR count). The quantitative estimate of drug-likeness (QED) is 0.121. The van der Waals surface area contributed by atoms with E-state index in [-0.39, 0.29) is 51.4 Å². The Morgan fingerprint density at radius 2 is 2.10 bits per heavy atom. The van der Waals surface area contributed by atoms with Crippen LogP contribution in [0.15, 0.2) is 31.8 Å². The second kappa shape index (κ2) is 11.6. The van der Waals surface area contributed by atoms with Gasteiger partial charge in [0.2, 0.25) is 0 Å². The first-order valence-corrected chi connectivity index (χ1v) is 14.3. The van der Waals surface area contributed by atoms with E-state index in [1.54, 1.807) is 5.38 Å². The maximum absolute atomic E-state index is 13.1. The summed E-state index contributed by atoms with van der Waals surface area (Å²) in [7, 11) is 1.40. The first-order chi connectivity index (χ1) is 18.5. The van der Waals surface area contributed by atoms with E-state index in [0.29, 0.717) is 5.57 Å². The smallest absolute Gasteiger partial charge is 0.352 e. The first kappa shape index (κ1) is 28.4. The number of oxime groups is 1. The first-order valence-electron chi connectivity index (χ1n) is 11.4. The number of rotatable bonds is 10. The number of nitrogens with two attached hydrogens (primary N) is 1. The van der Waals surface area contributed by atoms with E-state index in [4.69, 9.17) is 10.6 Å². The third-order valence-corrected chi connectivity index (χ3v) is 8.59. The molecule has 1 fully saturated rings. The summed E-state index contributed by atoms with van der Waals surface area (Å²) in [4.78, 5) is 60.7. The zero-order valence-corrected chi connectivity index (χ0v) is 23.3. The minimum absolute atomic E-state index is 0.101. The van der Waals surface area contributed by atoms with Gasteiger partial charge in [0.15, 0.2) is 16.0 Å². The van der Waals surface area contributed by atoms with Gasteiger partial charge in [-0.05, 0) is 11.5 Å². The van der Waals surface area contributed by atoms with Crippen LogP contribution < -0.4 is 16.6 Å². The van der Waals surface area contributed by atoms with Crippen LogP contribution in [0.5, 0.6) is 5.88 Å². The number of aromatic nitrogens is 4. The summed E-state index contributed by atoms with van der Waals surface area (Å²) < 4.78 is 1.09. The molecule has 2 atom stereocenters. The molecule has 2 aliphatic rings. The van der Waals surface area contributed by atoms with E-state index in [0.717, 1.165) is 32.6 Å². The van der Waals surface area contributed by atoms with Crippen LogP contribution >= 0.6 is 34.9 Å². The molecule has 1 saturated heterocycles. The van der Waals surface area contributed by atoms with Gasteiger partial charge in [-0.2, -0.15) is 0 Å². The van der Waals surface area contributed by atoms with Crippen molar-refractivity contribution >= 4 is 63.5 Å². The van der Waals surface area contributed by atoms with Gasteiger partial charge in [-0.1, -0.05) is 30.8 Å². The molecule has 208 valence electrons. The highest BCUT2D eigenvalue weighted by Gasteiger charge is 2.54. The Morgan fingerprint density at radius 3 is 2.74 bits per heavy atom. The normalized spacial score (nSPS) is 19.1. The summed E-state index contributed by atoms with van der Waals surface area (Å²) in [6.07, 6.45) is 0. The van der Waals surface area contributed by atoms with Crippen LogP contribution in [-0.4, -0.2) is 87.9 Å². The maximum Gasteiger partial charge on any atom is 0.352 e. The Bertz CT molecular complexity index is 1440. The number of carboxylic acids is 1. The van der Waals surface area contributed by atoms with Crippen molar-refractivity contribution in [2.45, 2.75) is 30.4 Å². The molecular formula is C21H24N8O7S3. The Kier molecular flexibility index (Phi) is 8.45. The average Bonchev–Trinajstić information content (AvgIpc) is 3.32. The fourth-order valence-corrected chi connectivity index (χ4v) is 6.51. The fraction of sp³-hybridized carbons (Fsp3) is 0.429. The number of nitrogens with one attached hydrogen (secondary N) is 1. The van der Waals surface area contributed by atoms with Crippen molar-refractivity contribution in [1.29, 1.82) is 0 Å². The van der Waals surface area contributed by atoms with Crippen molar-refractivity contribution in [3.05, 3.63) is 32.7 Å². The molecule has 15 nitrogen and oxygen atoms in total. The Hall–Kier alpha value is -3.64. The Labute approximate surface area is 233 Å². The largest absolute Gasteiger partial charge is 0.488 e. The van der Waals surface area contributed by atoms with Gasteiger partial charge in [-0.25, -0.2) is 9.78 Å². The molecule has 39 heavy (non-hydrogen) atoms. The number of aromatic hydroxyl groups is 1. The molecule has 18 heteroatoms. The number of β-lactam (4-membered cyclic amide) rings is 1.